The zero-order chi connectivity index (χ0) is 18.7. The molecule has 0 amide bonds. The van der Waals surface area contributed by atoms with E-state index in [9.17, 15) is 5.26 Å². The quantitative estimate of drug-likeness (QED) is 0.856. The molecule has 4 heteroatoms. The number of aromatic nitrogens is 1. The van der Waals surface area contributed by atoms with Gasteiger partial charge in [0, 0.05) is 24.2 Å². The number of fused-ring (bicyclic) bond motifs is 1. The Morgan fingerprint density at radius 1 is 1.23 bits per heavy atom. The molecule has 0 bridgehead atoms. The standard InChI is InChI=1S/C22H27N3O/c1-15(2)10-20-19-14-26-22(3,4)11-17(19)18(12-23)21(25-20)24-13-16-8-6-5-7-9-16/h5-9,15H,10-11,13-14H2,1-4H3,(H,24,25). The van der Waals surface area contributed by atoms with Gasteiger partial charge in [0.2, 0.25) is 0 Å². The molecule has 1 aromatic carbocycles. The number of nitrogens with zero attached hydrogens (tertiary/aromatic N) is 2. The normalized spacial score (nSPS) is 15.4. The molecule has 1 aliphatic heterocycles. The fourth-order valence-corrected chi connectivity index (χ4v) is 3.42. The summed E-state index contributed by atoms with van der Waals surface area (Å²) in [6.07, 6.45) is 1.62. The Hall–Kier alpha value is -2.38. The van der Waals surface area contributed by atoms with Gasteiger partial charge in [0.25, 0.3) is 0 Å². The summed E-state index contributed by atoms with van der Waals surface area (Å²) in [5.74, 6) is 1.19. The van der Waals surface area contributed by atoms with Gasteiger partial charge in [0.1, 0.15) is 11.9 Å². The van der Waals surface area contributed by atoms with Gasteiger partial charge < -0.3 is 10.1 Å². The van der Waals surface area contributed by atoms with E-state index in [1.165, 1.54) is 5.56 Å². The molecule has 0 unspecified atom stereocenters. The highest BCUT2D eigenvalue weighted by Gasteiger charge is 2.31. The molecule has 0 saturated heterocycles. The summed E-state index contributed by atoms with van der Waals surface area (Å²) in [6, 6.07) is 12.6. The van der Waals surface area contributed by atoms with Gasteiger partial charge in [0.15, 0.2) is 0 Å². The molecule has 1 aromatic heterocycles. The predicted molar refractivity (Wildman–Crippen MR) is 104 cm³/mol. The first-order valence-corrected chi connectivity index (χ1v) is 9.26. The Bertz CT molecular complexity index is 820. The van der Waals surface area contributed by atoms with Crippen LogP contribution in [0.4, 0.5) is 5.82 Å². The lowest BCUT2D eigenvalue weighted by molar-refractivity contribution is -0.0407. The fraction of sp³-hybridized carbons (Fsp3) is 0.455. The summed E-state index contributed by atoms with van der Waals surface area (Å²) in [5, 5.41) is 13.2. The molecule has 0 fully saturated rings. The second kappa shape index (κ2) is 7.47. The van der Waals surface area contributed by atoms with Crippen LogP contribution in [-0.2, 0) is 30.7 Å². The highest BCUT2D eigenvalue weighted by atomic mass is 16.5. The second-order valence-electron chi connectivity index (χ2n) is 8.01. The lowest BCUT2D eigenvalue weighted by Crippen LogP contribution is -2.33. The number of hydrogen-bond donors (Lipinski definition) is 1. The van der Waals surface area contributed by atoms with E-state index in [0.29, 0.717) is 30.5 Å². The Balaban J connectivity index is 2.01. The van der Waals surface area contributed by atoms with Crippen molar-refractivity contribution >= 4 is 5.82 Å². The van der Waals surface area contributed by atoms with Crippen molar-refractivity contribution in [1.82, 2.24) is 4.98 Å². The van der Waals surface area contributed by atoms with Crippen LogP contribution in [-0.4, -0.2) is 10.6 Å². The highest BCUT2D eigenvalue weighted by Crippen LogP contribution is 2.35. The van der Waals surface area contributed by atoms with Crippen molar-refractivity contribution in [3.05, 3.63) is 58.3 Å². The van der Waals surface area contributed by atoms with Crippen LogP contribution in [0.2, 0.25) is 0 Å². The molecule has 3 rings (SSSR count). The first-order valence-electron chi connectivity index (χ1n) is 9.26. The van der Waals surface area contributed by atoms with Crippen LogP contribution in [0.1, 0.15) is 55.6 Å². The number of pyridine rings is 1. The predicted octanol–water partition coefficient (Wildman–Crippen LogP) is 4.62. The van der Waals surface area contributed by atoms with E-state index in [4.69, 9.17) is 9.72 Å². The van der Waals surface area contributed by atoms with Gasteiger partial charge in [-0.1, -0.05) is 44.2 Å². The lowest BCUT2D eigenvalue weighted by Gasteiger charge is -2.34. The fourth-order valence-electron chi connectivity index (χ4n) is 3.42. The summed E-state index contributed by atoms with van der Waals surface area (Å²) in [5.41, 5.74) is 4.85. The minimum atomic E-state index is -0.258. The van der Waals surface area contributed by atoms with Gasteiger partial charge in [-0.3, -0.25) is 0 Å². The number of nitriles is 1. The molecule has 0 radical (unpaired) electrons. The number of ether oxygens (including phenoxy) is 1. The third kappa shape index (κ3) is 4.05. The van der Waals surface area contributed by atoms with Gasteiger partial charge in [-0.05, 0) is 37.3 Å². The van der Waals surface area contributed by atoms with Crippen LogP contribution in [0.25, 0.3) is 0 Å². The van der Waals surface area contributed by atoms with Crippen LogP contribution >= 0.6 is 0 Å². The summed E-state index contributed by atoms with van der Waals surface area (Å²) in [7, 11) is 0. The van der Waals surface area contributed by atoms with Crippen molar-refractivity contribution in [3.63, 3.8) is 0 Å². The van der Waals surface area contributed by atoms with Crippen molar-refractivity contribution in [2.45, 2.75) is 59.3 Å². The molecule has 0 saturated carbocycles. The molecule has 0 spiro atoms. The molecule has 2 heterocycles. The molecule has 26 heavy (non-hydrogen) atoms. The summed E-state index contributed by atoms with van der Waals surface area (Å²) < 4.78 is 6.01. The van der Waals surface area contributed by atoms with Crippen molar-refractivity contribution in [3.8, 4) is 6.07 Å². The molecule has 2 aromatic rings. The summed E-state index contributed by atoms with van der Waals surface area (Å²) >= 11 is 0. The molecular weight excluding hydrogens is 322 g/mol. The van der Waals surface area contributed by atoms with Crippen molar-refractivity contribution in [1.29, 1.82) is 5.26 Å². The first kappa shape index (κ1) is 18.4. The third-order valence-electron chi connectivity index (χ3n) is 4.72. The van der Waals surface area contributed by atoms with Crippen LogP contribution in [0.5, 0.6) is 0 Å². The molecule has 0 aliphatic carbocycles. The average molecular weight is 349 g/mol. The maximum Gasteiger partial charge on any atom is 0.144 e. The Morgan fingerprint density at radius 3 is 2.62 bits per heavy atom. The van der Waals surface area contributed by atoms with Crippen molar-refractivity contribution in [2.24, 2.45) is 5.92 Å². The number of hydrogen-bond acceptors (Lipinski definition) is 4. The smallest absolute Gasteiger partial charge is 0.144 e. The number of rotatable bonds is 5. The average Bonchev–Trinajstić information content (AvgIpc) is 2.59. The molecule has 4 nitrogen and oxygen atoms in total. The zero-order valence-electron chi connectivity index (χ0n) is 16.1. The Morgan fingerprint density at radius 2 is 1.96 bits per heavy atom. The van der Waals surface area contributed by atoms with Gasteiger partial charge in [-0.15, -0.1) is 0 Å². The SMILES string of the molecule is CC(C)Cc1nc(NCc2ccccc2)c(C#N)c2c1COC(C)(C)C2. The van der Waals surface area contributed by atoms with Gasteiger partial charge in [-0.2, -0.15) is 5.26 Å². The van der Waals surface area contributed by atoms with Crippen LogP contribution in [0, 0.1) is 17.2 Å². The van der Waals surface area contributed by atoms with E-state index in [1.54, 1.807) is 0 Å². The van der Waals surface area contributed by atoms with Gasteiger partial charge >= 0.3 is 0 Å². The second-order valence-corrected chi connectivity index (χ2v) is 8.01. The minimum Gasteiger partial charge on any atom is -0.370 e. The number of anilines is 1. The van der Waals surface area contributed by atoms with E-state index < -0.39 is 0 Å². The van der Waals surface area contributed by atoms with Crippen LogP contribution in [0.3, 0.4) is 0 Å². The lowest BCUT2D eigenvalue weighted by atomic mass is 9.87. The summed E-state index contributed by atoms with van der Waals surface area (Å²) in [4.78, 5) is 4.85. The van der Waals surface area contributed by atoms with E-state index in [1.807, 2.05) is 18.2 Å². The van der Waals surface area contributed by atoms with Crippen molar-refractivity contribution < 1.29 is 4.74 Å². The van der Waals surface area contributed by atoms with Gasteiger partial charge in [0.05, 0.1) is 17.8 Å². The van der Waals surface area contributed by atoms with E-state index in [0.717, 1.165) is 29.7 Å². The largest absolute Gasteiger partial charge is 0.370 e. The maximum absolute atomic E-state index is 9.84. The Kier molecular flexibility index (Phi) is 5.29. The zero-order valence-corrected chi connectivity index (χ0v) is 16.1. The van der Waals surface area contributed by atoms with Crippen molar-refractivity contribution in [2.75, 3.05) is 5.32 Å². The number of nitrogens with one attached hydrogen (secondary N) is 1. The molecule has 0 atom stereocenters. The van der Waals surface area contributed by atoms with Gasteiger partial charge in [-0.25, -0.2) is 4.98 Å². The van der Waals surface area contributed by atoms with Crippen LogP contribution in [0.15, 0.2) is 30.3 Å². The highest BCUT2D eigenvalue weighted by molar-refractivity contribution is 5.60. The Labute approximate surface area is 156 Å². The third-order valence-corrected chi connectivity index (χ3v) is 4.72. The maximum atomic E-state index is 9.84. The molecule has 1 N–H and O–H groups in total. The van der Waals surface area contributed by atoms with E-state index in [2.05, 4.69) is 51.2 Å². The monoisotopic (exact) mass is 349 g/mol. The summed E-state index contributed by atoms with van der Waals surface area (Å²) in [6.45, 7) is 9.73. The molecule has 136 valence electrons. The minimum absolute atomic E-state index is 0.258. The first-order chi connectivity index (χ1) is 12.4. The van der Waals surface area contributed by atoms with E-state index in [-0.39, 0.29) is 5.60 Å². The molecular formula is C22H27N3O. The number of benzene rings is 1. The van der Waals surface area contributed by atoms with E-state index >= 15 is 0 Å². The topological polar surface area (TPSA) is 57.9 Å². The molecule has 1 aliphatic rings. The van der Waals surface area contributed by atoms with Crippen LogP contribution < -0.4 is 5.32 Å².